The molecular formula is C16H18BrNO2. The Labute approximate surface area is 127 Å². The molecule has 0 atom stereocenters. The molecule has 0 radical (unpaired) electrons. The van der Waals surface area contributed by atoms with Gasteiger partial charge in [0, 0.05) is 16.6 Å². The van der Waals surface area contributed by atoms with E-state index in [1.807, 2.05) is 43.3 Å². The van der Waals surface area contributed by atoms with Crippen LogP contribution in [0, 0.1) is 6.92 Å². The maximum atomic E-state index is 5.85. The van der Waals surface area contributed by atoms with Gasteiger partial charge < -0.3 is 15.2 Å². The normalized spacial score (nSPS) is 10.4. The fraction of sp³-hybridized carbons (Fsp3) is 0.250. The number of aryl methyl sites for hydroxylation is 1. The van der Waals surface area contributed by atoms with Crippen LogP contribution in [0.15, 0.2) is 40.9 Å². The van der Waals surface area contributed by atoms with Gasteiger partial charge >= 0.3 is 0 Å². The SMILES string of the molecule is COc1ccc(COc2ccc(Br)cc2C)cc1CN. The Morgan fingerprint density at radius 3 is 2.50 bits per heavy atom. The molecule has 0 fully saturated rings. The van der Waals surface area contributed by atoms with E-state index in [1.54, 1.807) is 7.11 Å². The van der Waals surface area contributed by atoms with Crippen LogP contribution in [0.25, 0.3) is 0 Å². The number of halogens is 1. The Balaban J connectivity index is 2.10. The van der Waals surface area contributed by atoms with Crippen LogP contribution in [0.4, 0.5) is 0 Å². The Morgan fingerprint density at radius 2 is 1.85 bits per heavy atom. The van der Waals surface area contributed by atoms with Gasteiger partial charge in [0.1, 0.15) is 18.1 Å². The van der Waals surface area contributed by atoms with E-state index >= 15 is 0 Å². The predicted molar refractivity (Wildman–Crippen MR) is 84.1 cm³/mol. The van der Waals surface area contributed by atoms with E-state index < -0.39 is 0 Å². The van der Waals surface area contributed by atoms with E-state index in [-0.39, 0.29) is 0 Å². The van der Waals surface area contributed by atoms with Crippen LogP contribution in [0.5, 0.6) is 11.5 Å². The van der Waals surface area contributed by atoms with Crippen LogP contribution < -0.4 is 15.2 Å². The summed E-state index contributed by atoms with van der Waals surface area (Å²) < 4.78 is 12.2. The first-order valence-electron chi connectivity index (χ1n) is 6.39. The van der Waals surface area contributed by atoms with E-state index in [1.165, 1.54) is 0 Å². The molecule has 0 spiro atoms. The lowest BCUT2D eigenvalue weighted by Crippen LogP contribution is -2.03. The minimum atomic E-state index is 0.453. The lowest BCUT2D eigenvalue weighted by atomic mass is 10.1. The summed E-state index contributed by atoms with van der Waals surface area (Å²) in [5.41, 5.74) is 8.89. The van der Waals surface area contributed by atoms with Gasteiger partial charge in [0.15, 0.2) is 0 Å². The molecule has 0 unspecified atom stereocenters. The summed E-state index contributed by atoms with van der Waals surface area (Å²) in [5.74, 6) is 1.70. The van der Waals surface area contributed by atoms with Crippen molar-refractivity contribution < 1.29 is 9.47 Å². The molecule has 0 amide bonds. The number of benzene rings is 2. The van der Waals surface area contributed by atoms with Crippen molar-refractivity contribution in [2.45, 2.75) is 20.1 Å². The second-order valence-electron chi connectivity index (χ2n) is 4.55. The maximum Gasteiger partial charge on any atom is 0.123 e. The summed E-state index contributed by atoms with van der Waals surface area (Å²) in [6.45, 7) is 2.99. The van der Waals surface area contributed by atoms with E-state index in [0.717, 1.165) is 32.7 Å². The molecule has 3 nitrogen and oxygen atoms in total. The van der Waals surface area contributed by atoms with Crippen LogP contribution in [-0.4, -0.2) is 7.11 Å². The second kappa shape index (κ2) is 6.77. The van der Waals surface area contributed by atoms with Crippen molar-refractivity contribution in [1.29, 1.82) is 0 Å². The average molecular weight is 336 g/mol. The minimum absolute atomic E-state index is 0.453. The molecule has 106 valence electrons. The summed E-state index contributed by atoms with van der Waals surface area (Å²) in [7, 11) is 1.65. The monoisotopic (exact) mass is 335 g/mol. The van der Waals surface area contributed by atoms with Crippen LogP contribution >= 0.6 is 15.9 Å². The molecule has 0 aliphatic rings. The lowest BCUT2D eigenvalue weighted by molar-refractivity contribution is 0.303. The highest BCUT2D eigenvalue weighted by Crippen LogP contribution is 2.24. The molecule has 2 rings (SSSR count). The van der Waals surface area contributed by atoms with Crippen LogP contribution in [0.1, 0.15) is 16.7 Å². The van der Waals surface area contributed by atoms with Gasteiger partial charge in [-0.05, 0) is 48.4 Å². The minimum Gasteiger partial charge on any atom is -0.496 e. The maximum absolute atomic E-state index is 5.85. The van der Waals surface area contributed by atoms with Crippen molar-refractivity contribution >= 4 is 15.9 Å². The lowest BCUT2D eigenvalue weighted by Gasteiger charge is -2.12. The third-order valence-electron chi connectivity index (χ3n) is 3.10. The summed E-state index contributed by atoms with van der Waals surface area (Å²) >= 11 is 3.44. The number of ether oxygens (including phenoxy) is 2. The Morgan fingerprint density at radius 1 is 1.10 bits per heavy atom. The van der Waals surface area contributed by atoms with Gasteiger partial charge in [-0.25, -0.2) is 0 Å². The van der Waals surface area contributed by atoms with Crippen LogP contribution in [-0.2, 0) is 13.2 Å². The molecule has 2 aromatic carbocycles. The molecule has 0 saturated carbocycles. The Kier molecular flexibility index (Phi) is 5.04. The summed E-state index contributed by atoms with van der Waals surface area (Å²) in [4.78, 5) is 0. The van der Waals surface area contributed by atoms with Crippen LogP contribution in [0.2, 0.25) is 0 Å². The van der Waals surface area contributed by atoms with Crippen molar-refractivity contribution in [2.24, 2.45) is 5.73 Å². The molecule has 0 saturated heterocycles. The molecular weight excluding hydrogens is 318 g/mol. The number of methoxy groups -OCH3 is 1. The topological polar surface area (TPSA) is 44.5 Å². The molecule has 0 aliphatic carbocycles. The van der Waals surface area contributed by atoms with E-state index in [9.17, 15) is 0 Å². The third kappa shape index (κ3) is 3.52. The van der Waals surface area contributed by atoms with Gasteiger partial charge in [0.2, 0.25) is 0 Å². The number of rotatable bonds is 5. The molecule has 0 heterocycles. The van der Waals surface area contributed by atoms with Crippen LogP contribution in [0.3, 0.4) is 0 Å². The van der Waals surface area contributed by atoms with E-state index in [2.05, 4.69) is 15.9 Å². The fourth-order valence-electron chi connectivity index (χ4n) is 2.02. The first-order valence-corrected chi connectivity index (χ1v) is 7.18. The summed E-state index contributed by atoms with van der Waals surface area (Å²) in [5, 5.41) is 0. The zero-order valence-electron chi connectivity index (χ0n) is 11.7. The Hall–Kier alpha value is -1.52. The molecule has 0 bridgehead atoms. The van der Waals surface area contributed by atoms with Gasteiger partial charge in [0.05, 0.1) is 7.11 Å². The molecule has 2 aromatic rings. The van der Waals surface area contributed by atoms with Crippen molar-refractivity contribution in [3.63, 3.8) is 0 Å². The largest absolute Gasteiger partial charge is 0.496 e. The summed E-state index contributed by atoms with van der Waals surface area (Å²) in [6.07, 6.45) is 0. The van der Waals surface area contributed by atoms with Gasteiger partial charge in [-0.15, -0.1) is 0 Å². The highest BCUT2D eigenvalue weighted by atomic mass is 79.9. The third-order valence-corrected chi connectivity index (χ3v) is 3.59. The second-order valence-corrected chi connectivity index (χ2v) is 5.46. The van der Waals surface area contributed by atoms with Crippen molar-refractivity contribution in [1.82, 2.24) is 0 Å². The highest BCUT2D eigenvalue weighted by molar-refractivity contribution is 9.10. The zero-order valence-corrected chi connectivity index (χ0v) is 13.2. The number of hydrogen-bond donors (Lipinski definition) is 1. The fourth-order valence-corrected chi connectivity index (χ4v) is 2.49. The first kappa shape index (κ1) is 14.9. The van der Waals surface area contributed by atoms with Crippen molar-refractivity contribution in [3.8, 4) is 11.5 Å². The first-order chi connectivity index (χ1) is 9.63. The summed E-state index contributed by atoms with van der Waals surface area (Å²) in [6, 6.07) is 11.9. The average Bonchev–Trinajstić information content (AvgIpc) is 2.46. The van der Waals surface area contributed by atoms with Crippen molar-refractivity contribution in [2.75, 3.05) is 7.11 Å². The molecule has 4 heteroatoms. The number of nitrogens with two attached hydrogens (primary N) is 1. The smallest absolute Gasteiger partial charge is 0.123 e. The van der Waals surface area contributed by atoms with Gasteiger partial charge in [-0.1, -0.05) is 22.0 Å². The van der Waals surface area contributed by atoms with E-state index in [0.29, 0.717) is 13.2 Å². The predicted octanol–water partition coefficient (Wildman–Crippen LogP) is 3.80. The highest BCUT2D eigenvalue weighted by Gasteiger charge is 2.05. The Bertz CT molecular complexity index is 599. The molecule has 0 aliphatic heterocycles. The molecule has 20 heavy (non-hydrogen) atoms. The number of hydrogen-bond acceptors (Lipinski definition) is 3. The van der Waals surface area contributed by atoms with Gasteiger partial charge in [-0.2, -0.15) is 0 Å². The molecule has 0 aromatic heterocycles. The van der Waals surface area contributed by atoms with E-state index in [4.69, 9.17) is 15.2 Å². The zero-order chi connectivity index (χ0) is 14.5. The standard InChI is InChI=1S/C16H18BrNO2/c1-11-7-14(17)4-6-15(11)20-10-12-3-5-16(19-2)13(8-12)9-18/h3-8H,9-10,18H2,1-2H3. The van der Waals surface area contributed by atoms with Gasteiger partial charge in [-0.3, -0.25) is 0 Å². The van der Waals surface area contributed by atoms with Crippen molar-refractivity contribution in [3.05, 3.63) is 57.6 Å². The quantitative estimate of drug-likeness (QED) is 0.903. The molecule has 2 N–H and O–H groups in total. The van der Waals surface area contributed by atoms with Gasteiger partial charge in [0.25, 0.3) is 0 Å².